The third kappa shape index (κ3) is 4.40. The van der Waals surface area contributed by atoms with Crippen LogP contribution in [0.5, 0.6) is 0 Å². The lowest BCUT2D eigenvalue weighted by molar-refractivity contribution is 0.544. The Balaban J connectivity index is 2.12. The second-order valence-electron chi connectivity index (χ2n) is 5.41. The molecular weight excluding hydrogens is 318 g/mol. The molecule has 8 heteroatoms. The van der Waals surface area contributed by atoms with Crippen molar-refractivity contribution in [3.63, 3.8) is 0 Å². The number of sulfonamides is 1. The second-order valence-corrected chi connectivity index (χ2v) is 7.06. The van der Waals surface area contributed by atoms with E-state index in [1.54, 1.807) is 6.92 Å². The molecule has 2 aromatic rings. The number of aryl methyl sites for hydroxylation is 2. The first kappa shape index (κ1) is 17.2. The van der Waals surface area contributed by atoms with E-state index in [1.165, 1.54) is 6.92 Å². The number of H-pyrrole nitrogens is 2. The molecule has 7 nitrogen and oxygen atoms in total. The van der Waals surface area contributed by atoms with E-state index in [9.17, 15) is 18.0 Å². The van der Waals surface area contributed by atoms with Crippen LogP contribution < -0.4 is 16.0 Å². The topological polar surface area (TPSA) is 112 Å². The monoisotopic (exact) mass is 337 g/mol. The van der Waals surface area contributed by atoms with Crippen LogP contribution in [0.15, 0.2) is 44.8 Å². The molecule has 0 saturated heterocycles. The fourth-order valence-corrected chi connectivity index (χ4v) is 3.84. The van der Waals surface area contributed by atoms with E-state index in [0.717, 1.165) is 5.56 Å². The molecule has 0 amide bonds. The largest absolute Gasteiger partial charge is 0.325 e. The minimum Gasteiger partial charge on any atom is -0.310 e. The van der Waals surface area contributed by atoms with Crippen molar-refractivity contribution in [2.24, 2.45) is 0 Å². The molecule has 0 saturated carbocycles. The predicted octanol–water partition coefficient (Wildman–Crippen LogP) is 0.671. The molecule has 2 rings (SSSR count). The van der Waals surface area contributed by atoms with Gasteiger partial charge in [-0.2, -0.15) is 0 Å². The Morgan fingerprint density at radius 1 is 1.13 bits per heavy atom. The Morgan fingerprint density at radius 3 is 2.39 bits per heavy atom. The van der Waals surface area contributed by atoms with Gasteiger partial charge in [0.1, 0.15) is 0 Å². The van der Waals surface area contributed by atoms with E-state index in [-0.39, 0.29) is 11.7 Å². The standard InChI is InChI=1S/C15H19N3O4S/c1-10(8-9-12-6-4-3-5-7-12)18-23(21,22)13-11(2)16-15(20)17-14(13)19/h3-7,10,18H,8-9H2,1-2H3,(H2,16,17,19,20)/t10-/m0/s1. The van der Waals surface area contributed by atoms with Gasteiger partial charge in [0.15, 0.2) is 4.90 Å². The van der Waals surface area contributed by atoms with Crippen LogP contribution in [-0.4, -0.2) is 24.4 Å². The van der Waals surface area contributed by atoms with Gasteiger partial charge in [0.2, 0.25) is 10.0 Å². The molecule has 1 atom stereocenters. The summed E-state index contributed by atoms with van der Waals surface area (Å²) in [5.41, 5.74) is -0.532. The highest BCUT2D eigenvalue weighted by Gasteiger charge is 2.23. The van der Waals surface area contributed by atoms with Crippen LogP contribution in [0.25, 0.3) is 0 Å². The molecule has 0 aliphatic rings. The number of rotatable bonds is 6. The Bertz CT molecular complexity index is 885. The third-order valence-corrected chi connectivity index (χ3v) is 5.15. The van der Waals surface area contributed by atoms with Gasteiger partial charge in [0, 0.05) is 11.7 Å². The van der Waals surface area contributed by atoms with Crippen LogP contribution in [0.2, 0.25) is 0 Å². The highest BCUT2D eigenvalue weighted by atomic mass is 32.2. The smallest absolute Gasteiger partial charge is 0.310 e. The fourth-order valence-electron chi connectivity index (χ4n) is 2.32. The van der Waals surface area contributed by atoms with Crippen molar-refractivity contribution in [2.75, 3.05) is 0 Å². The minimum absolute atomic E-state index is 0.0153. The normalized spacial score (nSPS) is 13.0. The van der Waals surface area contributed by atoms with E-state index in [1.807, 2.05) is 35.3 Å². The summed E-state index contributed by atoms with van der Waals surface area (Å²) in [6, 6.07) is 9.35. The minimum atomic E-state index is -4.01. The molecule has 1 heterocycles. The predicted molar refractivity (Wildman–Crippen MR) is 87.0 cm³/mol. The van der Waals surface area contributed by atoms with Gasteiger partial charge in [-0.15, -0.1) is 0 Å². The second kappa shape index (κ2) is 6.93. The summed E-state index contributed by atoms with van der Waals surface area (Å²) in [5.74, 6) is 0. The first-order valence-electron chi connectivity index (χ1n) is 7.19. The van der Waals surface area contributed by atoms with Crippen molar-refractivity contribution in [3.05, 3.63) is 62.4 Å². The molecule has 124 valence electrons. The lowest BCUT2D eigenvalue weighted by atomic mass is 10.1. The molecule has 23 heavy (non-hydrogen) atoms. The SMILES string of the molecule is Cc1[nH]c(=O)[nH]c(=O)c1S(=O)(=O)N[C@@H](C)CCc1ccccc1. The van der Waals surface area contributed by atoms with Crippen molar-refractivity contribution in [3.8, 4) is 0 Å². The van der Waals surface area contributed by atoms with Crippen LogP contribution in [0, 0.1) is 6.92 Å². The van der Waals surface area contributed by atoms with Crippen LogP contribution in [0.4, 0.5) is 0 Å². The zero-order valence-electron chi connectivity index (χ0n) is 12.9. The molecule has 3 N–H and O–H groups in total. The van der Waals surface area contributed by atoms with E-state index < -0.39 is 26.2 Å². The number of aromatic amines is 2. The molecule has 0 aliphatic carbocycles. The summed E-state index contributed by atoms with van der Waals surface area (Å²) in [6.07, 6.45) is 1.30. The average Bonchev–Trinajstić information content (AvgIpc) is 2.44. The highest BCUT2D eigenvalue weighted by molar-refractivity contribution is 7.89. The lowest BCUT2D eigenvalue weighted by Crippen LogP contribution is -2.38. The Hall–Kier alpha value is -2.19. The molecular formula is C15H19N3O4S. The Labute approximate surface area is 133 Å². The summed E-state index contributed by atoms with van der Waals surface area (Å²) in [7, 11) is -4.01. The number of benzene rings is 1. The molecule has 0 spiro atoms. The maximum atomic E-state index is 12.4. The molecule has 0 fully saturated rings. The zero-order valence-corrected chi connectivity index (χ0v) is 13.7. The molecule has 0 aliphatic heterocycles. The number of nitrogens with one attached hydrogen (secondary N) is 3. The van der Waals surface area contributed by atoms with Gasteiger partial charge in [-0.25, -0.2) is 17.9 Å². The Kier molecular flexibility index (Phi) is 5.17. The Morgan fingerprint density at radius 2 is 1.78 bits per heavy atom. The number of aromatic nitrogens is 2. The summed E-state index contributed by atoms with van der Waals surface area (Å²) < 4.78 is 27.2. The van der Waals surface area contributed by atoms with Crippen LogP contribution in [0.3, 0.4) is 0 Å². The van der Waals surface area contributed by atoms with Crippen LogP contribution >= 0.6 is 0 Å². The van der Waals surface area contributed by atoms with E-state index in [2.05, 4.69) is 9.71 Å². The maximum absolute atomic E-state index is 12.4. The maximum Gasteiger partial charge on any atom is 0.325 e. The summed E-state index contributed by atoms with van der Waals surface area (Å²) in [4.78, 5) is 26.7. The average molecular weight is 337 g/mol. The first-order chi connectivity index (χ1) is 10.8. The number of hydrogen-bond donors (Lipinski definition) is 3. The van der Waals surface area contributed by atoms with E-state index in [4.69, 9.17) is 0 Å². The van der Waals surface area contributed by atoms with Crippen LogP contribution in [0.1, 0.15) is 24.6 Å². The summed E-state index contributed by atoms with van der Waals surface area (Å²) in [6.45, 7) is 3.11. The van der Waals surface area contributed by atoms with Gasteiger partial charge in [0.05, 0.1) is 0 Å². The van der Waals surface area contributed by atoms with Crippen molar-refractivity contribution in [2.45, 2.75) is 37.6 Å². The van der Waals surface area contributed by atoms with Crippen molar-refractivity contribution >= 4 is 10.0 Å². The van der Waals surface area contributed by atoms with Crippen molar-refractivity contribution < 1.29 is 8.42 Å². The van der Waals surface area contributed by atoms with Gasteiger partial charge in [0.25, 0.3) is 5.56 Å². The number of hydrogen-bond acceptors (Lipinski definition) is 4. The third-order valence-electron chi connectivity index (χ3n) is 3.41. The highest BCUT2D eigenvalue weighted by Crippen LogP contribution is 2.09. The molecule has 0 radical (unpaired) electrons. The van der Waals surface area contributed by atoms with Crippen molar-refractivity contribution in [1.29, 1.82) is 0 Å². The molecule has 0 unspecified atom stereocenters. The fraction of sp³-hybridized carbons (Fsp3) is 0.333. The van der Waals surface area contributed by atoms with Gasteiger partial charge in [-0.3, -0.25) is 9.78 Å². The quantitative estimate of drug-likeness (QED) is 0.719. The summed E-state index contributed by atoms with van der Waals surface area (Å²) in [5, 5.41) is 0. The van der Waals surface area contributed by atoms with Gasteiger partial charge >= 0.3 is 5.69 Å². The molecule has 1 aromatic carbocycles. The van der Waals surface area contributed by atoms with E-state index in [0.29, 0.717) is 12.8 Å². The first-order valence-corrected chi connectivity index (χ1v) is 8.67. The molecule has 1 aromatic heterocycles. The zero-order chi connectivity index (χ0) is 17.0. The van der Waals surface area contributed by atoms with E-state index >= 15 is 0 Å². The van der Waals surface area contributed by atoms with Crippen LogP contribution in [-0.2, 0) is 16.4 Å². The summed E-state index contributed by atoms with van der Waals surface area (Å²) >= 11 is 0. The molecule has 0 bridgehead atoms. The van der Waals surface area contributed by atoms with Gasteiger partial charge in [-0.05, 0) is 32.3 Å². The van der Waals surface area contributed by atoms with Crippen molar-refractivity contribution in [1.82, 2.24) is 14.7 Å². The van der Waals surface area contributed by atoms with Gasteiger partial charge in [-0.1, -0.05) is 30.3 Å². The lowest BCUT2D eigenvalue weighted by Gasteiger charge is -2.14. The van der Waals surface area contributed by atoms with Gasteiger partial charge < -0.3 is 4.98 Å².